The van der Waals surface area contributed by atoms with Gasteiger partial charge in [0.05, 0.1) is 18.2 Å². The first kappa shape index (κ1) is 14.9. The van der Waals surface area contributed by atoms with E-state index < -0.39 is 0 Å². The minimum Gasteiger partial charge on any atom is -0.495 e. The lowest BCUT2D eigenvalue weighted by Gasteiger charge is -2.17. The molecule has 2 aromatic rings. The summed E-state index contributed by atoms with van der Waals surface area (Å²) in [5.41, 5.74) is 1.06. The zero-order chi connectivity index (χ0) is 14.5. The summed E-state index contributed by atoms with van der Waals surface area (Å²) >= 11 is 6.21. The van der Waals surface area contributed by atoms with Gasteiger partial charge in [-0.3, -0.25) is 0 Å². The van der Waals surface area contributed by atoms with Gasteiger partial charge in [0.15, 0.2) is 0 Å². The highest BCUT2D eigenvalue weighted by Gasteiger charge is 2.18. The van der Waals surface area contributed by atoms with Gasteiger partial charge in [-0.15, -0.1) is 0 Å². The topological polar surface area (TPSA) is 34.4 Å². The lowest BCUT2D eigenvalue weighted by Crippen LogP contribution is -2.21. The fourth-order valence-electron chi connectivity index (χ4n) is 2.19. The van der Waals surface area contributed by atoms with Crippen molar-refractivity contribution >= 4 is 11.6 Å². The molecule has 0 aliphatic heterocycles. The Labute approximate surface area is 124 Å². The van der Waals surface area contributed by atoms with E-state index in [1.165, 1.54) is 0 Å². The van der Waals surface area contributed by atoms with Crippen LogP contribution < -0.4 is 10.1 Å². The third-order valence-corrected chi connectivity index (χ3v) is 3.53. The van der Waals surface area contributed by atoms with Crippen molar-refractivity contribution in [2.45, 2.75) is 26.3 Å². The molecule has 1 atom stereocenters. The Bertz CT molecular complexity index is 565. The Hall–Kier alpha value is -1.45. The number of hydrogen-bond donors (Lipinski definition) is 1. The van der Waals surface area contributed by atoms with E-state index >= 15 is 0 Å². The van der Waals surface area contributed by atoms with E-state index in [9.17, 15) is 0 Å². The van der Waals surface area contributed by atoms with Crippen LogP contribution in [0.5, 0.6) is 5.75 Å². The Morgan fingerprint density at radius 2 is 2.05 bits per heavy atom. The minimum absolute atomic E-state index is 0.00343. The van der Waals surface area contributed by atoms with Crippen LogP contribution in [0.15, 0.2) is 34.7 Å². The molecule has 1 heterocycles. The molecule has 1 N–H and O–H groups in total. The number of halogens is 1. The van der Waals surface area contributed by atoms with Gasteiger partial charge >= 0.3 is 0 Å². The molecule has 1 aromatic carbocycles. The van der Waals surface area contributed by atoms with Gasteiger partial charge in [0.25, 0.3) is 0 Å². The van der Waals surface area contributed by atoms with Gasteiger partial charge in [-0.1, -0.05) is 31.5 Å². The summed E-state index contributed by atoms with van der Waals surface area (Å²) in [4.78, 5) is 0. The average molecular weight is 294 g/mol. The largest absolute Gasteiger partial charge is 0.495 e. The molecule has 0 saturated carbocycles. The number of hydrogen-bond acceptors (Lipinski definition) is 3. The van der Waals surface area contributed by atoms with E-state index in [-0.39, 0.29) is 6.04 Å². The molecule has 108 valence electrons. The summed E-state index contributed by atoms with van der Waals surface area (Å²) < 4.78 is 11.1. The maximum Gasteiger partial charge on any atom is 0.137 e. The third-order valence-electron chi connectivity index (χ3n) is 3.23. The van der Waals surface area contributed by atoms with Crippen LogP contribution in [-0.2, 0) is 6.42 Å². The molecule has 0 amide bonds. The van der Waals surface area contributed by atoms with Gasteiger partial charge in [-0.05, 0) is 36.4 Å². The second-order valence-corrected chi connectivity index (χ2v) is 4.95. The molecule has 0 bridgehead atoms. The molecular weight excluding hydrogens is 274 g/mol. The van der Waals surface area contributed by atoms with Crippen LogP contribution in [0, 0.1) is 0 Å². The Morgan fingerprint density at radius 1 is 1.25 bits per heavy atom. The highest BCUT2D eigenvalue weighted by Crippen LogP contribution is 2.31. The summed E-state index contributed by atoms with van der Waals surface area (Å²) in [5, 5.41) is 4.03. The summed E-state index contributed by atoms with van der Waals surface area (Å²) in [7, 11) is 1.61. The number of rotatable bonds is 6. The molecule has 0 saturated heterocycles. The van der Waals surface area contributed by atoms with Crippen molar-refractivity contribution in [1.29, 1.82) is 0 Å². The smallest absolute Gasteiger partial charge is 0.137 e. The van der Waals surface area contributed by atoms with Crippen LogP contribution in [0.3, 0.4) is 0 Å². The molecule has 0 spiro atoms. The van der Waals surface area contributed by atoms with Gasteiger partial charge in [0.1, 0.15) is 17.3 Å². The molecule has 2 rings (SSSR count). The highest BCUT2D eigenvalue weighted by atomic mass is 35.5. The maximum atomic E-state index is 6.21. The number of aryl methyl sites for hydroxylation is 1. The fourth-order valence-corrected chi connectivity index (χ4v) is 2.45. The number of benzene rings is 1. The fraction of sp³-hybridized carbons (Fsp3) is 0.375. The summed E-state index contributed by atoms with van der Waals surface area (Å²) in [5.74, 6) is 2.58. The molecule has 20 heavy (non-hydrogen) atoms. The van der Waals surface area contributed by atoms with E-state index in [1.807, 2.05) is 30.3 Å². The predicted octanol–water partition coefficient (Wildman–Crippen LogP) is 4.20. The molecule has 3 nitrogen and oxygen atoms in total. The van der Waals surface area contributed by atoms with Gasteiger partial charge in [-0.2, -0.15) is 0 Å². The Balaban J connectivity index is 2.34. The molecule has 0 radical (unpaired) electrons. The van der Waals surface area contributed by atoms with Crippen LogP contribution in [0.25, 0.3) is 0 Å². The molecule has 1 unspecified atom stereocenters. The standard InChI is InChI=1S/C16H20ClNO2/c1-4-12-7-9-15(20-12)16(18-5-2)11-6-8-14(19-3)13(17)10-11/h6-10,16,18H,4-5H2,1-3H3. The predicted molar refractivity (Wildman–Crippen MR) is 81.6 cm³/mol. The molecule has 0 aliphatic carbocycles. The number of nitrogens with one attached hydrogen (secondary N) is 1. The highest BCUT2D eigenvalue weighted by molar-refractivity contribution is 6.32. The molecule has 1 aromatic heterocycles. The van der Waals surface area contributed by atoms with Gasteiger partial charge in [0.2, 0.25) is 0 Å². The van der Waals surface area contributed by atoms with E-state index in [2.05, 4.69) is 19.2 Å². The van der Waals surface area contributed by atoms with Crippen molar-refractivity contribution in [1.82, 2.24) is 5.32 Å². The van der Waals surface area contributed by atoms with E-state index in [0.717, 1.165) is 30.0 Å². The first-order valence-corrected chi connectivity index (χ1v) is 7.22. The molecule has 0 fully saturated rings. The van der Waals surface area contributed by atoms with E-state index in [1.54, 1.807) is 7.11 Å². The summed E-state index contributed by atoms with van der Waals surface area (Å²) in [6.07, 6.45) is 0.891. The van der Waals surface area contributed by atoms with Crippen LogP contribution in [0.1, 0.15) is 37.0 Å². The van der Waals surface area contributed by atoms with Crippen molar-refractivity contribution < 1.29 is 9.15 Å². The van der Waals surface area contributed by atoms with Crippen molar-refractivity contribution in [2.75, 3.05) is 13.7 Å². The minimum atomic E-state index is 0.00343. The van der Waals surface area contributed by atoms with Crippen LogP contribution in [0.4, 0.5) is 0 Å². The van der Waals surface area contributed by atoms with E-state index in [0.29, 0.717) is 10.8 Å². The third kappa shape index (κ3) is 3.17. The van der Waals surface area contributed by atoms with Gasteiger partial charge in [-0.25, -0.2) is 0 Å². The summed E-state index contributed by atoms with van der Waals surface area (Å²) in [6.45, 7) is 4.99. The van der Waals surface area contributed by atoms with Crippen LogP contribution in [-0.4, -0.2) is 13.7 Å². The molecular formula is C16H20ClNO2. The first-order valence-electron chi connectivity index (χ1n) is 6.85. The van der Waals surface area contributed by atoms with Crippen molar-refractivity contribution in [3.63, 3.8) is 0 Å². The first-order chi connectivity index (χ1) is 9.69. The normalized spacial score (nSPS) is 12.4. The van der Waals surface area contributed by atoms with Crippen molar-refractivity contribution in [3.05, 3.63) is 52.4 Å². The van der Waals surface area contributed by atoms with Gasteiger partial charge < -0.3 is 14.5 Å². The molecule has 4 heteroatoms. The second kappa shape index (κ2) is 6.82. The van der Waals surface area contributed by atoms with Crippen molar-refractivity contribution in [2.24, 2.45) is 0 Å². The zero-order valence-corrected chi connectivity index (χ0v) is 12.8. The quantitative estimate of drug-likeness (QED) is 0.866. The Morgan fingerprint density at radius 3 is 2.60 bits per heavy atom. The van der Waals surface area contributed by atoms with Crippen LogP contribution >= 0.6 is 11.6 Å². The van der Waals surface area contributed by atoms with Crippen molar-refractivity contribution in [3.8, 4) is 5.75 Å². The number of ether oxygens (including phenoxy) is 1. The summed E-state index contributed by atoms with van der Waals surface area (Å²) in [6, 6.07) is 9.85. The maximum absolute atomic E-state index is 6.21. The van der Waals surface area contributed by atoms with Gasteiger partial charge in [0, 0.05) is 6.42 Å². The number of methoxy groups -OCH3 is 1. The average Bonchev–Trinajstić information content (AvgIpc) is 2.93. The zero-order valence-electron chi connectivity index (χ0n) is 12.1. The second-order valence-electron chi connectivity index (χ2n) is 4.54. The Kier molecular flexibility index (Phi) is 5.10. The SMILES string of the molecule is CCNC(c1ccc(OC)c(Cl)c1)c1ccc(CC)o1. The molecule has 0 aliphatic rings. The number of furan rings is 1. The van der Waals surface area contributed by atoms with E-state index in [4.69, 9.17) is 20.8 Å². The lowest BCUT2D eigenvalue weighted by molar-refractivity contribution is 0.412. The lowest BCUT2D eigenvalue weighted by atomic mass is 10.0. The van der Waals surface area contributed by atoms with Crippen LogP contribution in [0.2, 0.25) is 5.02 Å². The monoisotopic (exact) mass is 293 g/mol.